The normalized spacial score (nSPS) is 10.6. The van der Waals surface area contributed by atoms with Gasteiger partial charge in [0.05, 0.1) is 18.9 Å². The fraction of sp³-hybridized carbons (Fsp3) is 0.133. The van der Waals surface area contributed by atoms with Crippen molar-refractivity contribution in [3.8, 4) is 5.75 Å². The summed E-state index contributed by atoms with van der Waals surface area (Å²) in [6.45, 7) is 0. The molecule has 0 radical (unpaired) electrons. The van der Waals surface area contributed by atoms with E-state index in [0.29, 0.717) is 5.56 Å². The molecule has 0 fully saturated rings. The summed E-state index contributed by atoms with van der Waals surface area (Å²) in [5.41, 5.74) is 3.43. The Morgan fingerprint density at radius 2 is 1.95 bits per heavy atom. The third-order valence-corrected chi connectivity index (χ3v) is 2.84. The van der Waals surface area contributed by atoms with E-state index in [4.69, 9.17) is 4.74 Å². The number of aryl methyl sites for hydroxylation is 1. The van der Waals surface area contributed by atoms with Gasteiger partial charge in [-0.15, -0.1) is 0 Å². The Morgan fingerprint density at radius 3 is 2.57 bits per heavy atom. The molecule has 1 heterocycles. The molecule has 0 aliphatic rings. The smallest absolute Gasteiger partial charge is 0.272 e. The summed E-state index contributed by atoms with van der Waals surface area (Å²) in [4.78, 5) is 23.1. The van der Waals surface area contributed by atoms with Crippen LogP contribution < -0.4 is 15.7 Å². The van der Waals surface area contributed by atoms with E-state index >= 15 is 0 Å². The quantitative estimate of drug-likeness (QED) is 0.676. The van der Waals surface area contributed by atoms with Crippen LogP contribution in [-0.2, 0) is 7.05 Å². The SMILES string of the molecule is COc1ccc(C=NNC(=O)c2ccc(=O)n(C)c2)cc1. The number of rotatable bonds is 4. The van der Waals surface area contributed by atoms with Crippen molar-refractivity contribution < 1.29 is 9.53 Å². The van der Waals surface area contributed by atoms with Gasteiger partial charge in [-0.05, 0) is 35.9 Å². The van der Waals surface area contributed by atoms with Crippen LogP contribution in [-0.4, -0.2) is 23.8 Å². The van der Waals surface area contributed by atoms with Gasteiger partial charge in [-0.1, -0.05) is 0 Å². The number of nitrogens with one attached hydrogen (secondary N) is 1. The van der Waals surface area contributed by atoms with Crippen molar-refractivity contribution in [1.82, 2.24) is 9.99 Å². The molecule has 2 aromatic rings. The molecule has 21 heavy (non-hydrogen) atoms. The largest absolute Gasteiger partial charge is 0.497 e. The van der Waals surface area contributed by atoms with Crippen LogP contribution in [0.25, 0.3) is 0 Å². The van der Waals surface area contributed by atoms with E-state index in [9.17, 15) is 9.59 Å². The molecule has 6 heteroatoms. The molecule has 1 aromatic carbocycles. The summed E-state index contributed by atoms with van der Waals surface area (Å²) in [5.74, 6) is 0.372. The number of methoxy groups -OCH3 is 1. The van der Waals surface area contributed by atoms with E-state index < -0.39 is 0 Å². The Bertz CT molecular complexity index is 718. The van der Waals surface area contributed by atoms with Crippen LogP contribution in [0, 0.1) is 0 Å². The van der Waals surface area contributed by atoms with Gasteiger partial charge in [0.2, 0.25) is 5.56 Å². The first-order chi connectivity index (χ1) is 10.1. The molecule has 0 bridgehead atoms. The minimum absolute atomic E-state index is 0.173. The average molecular weight is 285 g/mol. The molecule has 0 aliphatic heterocycles. The molecule has 2 rings (SSSR count). The molecule has 0 spiro atoms. The number of amides is 1. The van der Waals surface area contributed by atoms with Crippen LogP contribution >= 0.6 is 0 Å². The van der Waals surface area contributed by atoms with E-state index in [1.54, 1.807) is 26.3 Å². The van der Waals surface area contributed by atoms with Gasteiger partial charge >= 0.3 is 0 Å². The molecule has 0 aliphatic carbocycles. The molecule has 0 atom stereocenters. The monoisotopic (exact) mass is 285 g/mol. The second kappa shape index (κ2) is 6.51. The standard InChI is InChI=1S/C15H15N3O3/c1-18-10-12(5-8-14(18)19)15(20)17-16-9-11-3-6-13(21-2)7-4-11/h3-10H,1-2H3,(H,17,20). The molecule has 1 N–H and O–H groups in total. The van der Waals surface area contributed by atoms with Crippen LogP contribution in [0.5, 0.6) is 5.75 Å². The van der Waals surface area contributed by atoms with Gasteiger partial charge in [0, 0.05) is 19.3 Å². The van der Waals surface area contributed by atoms with E-state index in [1.165, 1.54) is 29.1 Å². The van der Waals surface area contributed by atoms with Crippen LogP contribution in [0.3, 0.4) is 0 Å². The van der Waals surface area contributed by atoms with Crippen LogP contribution in [0.4, 0.5) is 0 Å². The van der Waals surface area contributed by atoms with Crippen LogP contribution in [0.2, 0.25) is 0 Å². The number of hydrazone groups is 1. The van der Waals surface area contributed by atoms with Crippen molar-refractivity contribution in [3.63, 3.8) is 0 Å². The maximum Gasteiger partial charge on any atom is 0.272 e. The lowest BCUT2D eigenvalue weighted by atomic mass is 10.2. The van der Waals surface area contributed by atoms with E-state index in [2.05, 4.69) is 10.5 Å². The van der Waals surface area contributed by atoms with Gasteiger partial charge in [-0.3, -0.25) is 9.59 Å². The van der Waals surface area contributed by atoms with Crippen molar-refractivity contribution in [3.05, 3.63) is 64.1 Å². The fourth-order valence-electron chi connectivity index (χ4n) is 1.65. The zero-order valence-corrected chi connectivity index (χ0v) is 11.7. The van der Waals surface area contributed by atoms with E-state index in [0.717, 1.165) is 11.3 Å². The highest BCUT2D eigenvalue weighted by Gasteiger charge is 2.04. The molecular weight excluding hydrogens is 270 g/mol. The van der Waals surface area contributed by atoms with Crippen molar-refractivity contribution in [1.29, 1.82) is 0 Å². The maximum atomic E-state index is 11.8. The second-order valence-electron chi connectivity index (χ2n) is 4.34. The van der Waals surface area contributed by atoms with Crippen LogP contribution in [0.15, 0.2) is 52.5 Å². The number of nitrogens with zero attached hydrogens (tertiary/aromatic N) is 2. The number of aromatic nitrogens is 1. The third-order valence-electron chi connectivity index (χ3n) is 2.84. The summed E-state index contributed by atoms with van der Waals surface area (Å²) in [6, 6.07) is 10.0. The predicted molar refractivity (Wildman–Crippen MR) is 79.7 cm³/mol. The van der Waals surface area contributed by atoms with Gasteiger partial charge in [0.1, 0.15) is 5.75 Å². The van der Waals surface area contributed by atoms with Gasteiger partial charge in [-0.2, -0.15) is 5.10 Å². The summed E-state index contributed by atoms with van der Waals surface area (Å²) in [5, 5.41) is 3.87. The summed E-state index contributed by atoms with van der Waals surface area (Å²) in [6.07, 6.45) is 2.99. The number of hydrogen-bond acceptors (Lipinski definition) is 4. The van der Waals surface area contributed by atoms with Crippen molar-refractivity contribution in [2.24, 2.45) is 12.1 Å². The van der Waals surface area contributed by atoms with Gasteiger partial charge in [0.15, 0.2) is 0 Å². The highest BCUT2D eigenvalue weighted by molar-refractivity contribution is 5.94. The number of hydrogen-bond donors (Lipinski definition) is 1. The minimum Gasteiger partial charge on any atom is -0.497 e. The highest BCUT2D eigenvalue weighted by Crippen LogP contribution is 2.09. The Kier molecular flexibility index (Phi) is 4.50. The summed E-state index contributed by atoms with van der Waals surface area (Å²) >= 11 is 0. The molecule has 0 saturated heterocycles. The lowest BCUT2D eigenvalue weighted by molar-refractivity contribution is 0.0954. The number of carbonyl (C=O) groups is 1. The number of ether oxygens (including phenoxy) is 1. The number of carbonyl (C=O) groups excluding carboxylic acids is 1. The molecule has 0 unspecified atom stereocenters. The first-order valence-corrected chi connectivity index (χ1v) is 6.24. The number of benzene rings is 1. The zero-order valence-electron chi connectivity index (χ0n) is 11.7. The third kappa shape index (κ3) is 3.79. The van der Waals surface area contributed by atoms with Crippen molar-refractivity contribution in [2.75, 3.05) is 7.11 Å². The Hall–Kier alpha value is -2.89. The topological polar surface area (TPSA) is 72.7 Å². The molecule has 108 valence electrons. The first kappa shape index (κ1) is 14.5. The Labute approximate surface area is 121 Å². The van der Waals surface area contributed by atoms with Gasteiger partial charge in [-0.25, -0.2) is 5.43 Å². The Balaban J connectivity index is 2.00. The summed E-state index contributed by atoms with van der Waals surface area (Å²) < 4.78 is 6.38. The van der Waals surface area contributed by atoms with Crippen molar-refractivity contribution in [2.45, 2.75) is 0 Å². The fourth-order valence-corrected chi connectivity index (χ4v) is 1.65. The van der Waals surface area contributed by atoms with Crippen molar-refractivity contribution >= 4 is 12.1 Å². The van der Waals surface area contributed by atoms with Crippen LogP contribution in [0.1, 0.15) is 15.9 Å². The lowest BCUT2D eigenvalue weighted by Gasteiger charge is -2.02. The highest BCUT2D eigenvalue weighted by atomic mass is 16.5. The second-order valence-corrected chi connectivity index (χ2v) is 4.34. The Morgan fingerprint density at radius 1 is 1.24 bits per heavy atom. The average Bonchev–Trinajstić information content (AvgIpc) is 2.50. The van der Waals surface area contributed by atoms with Gasteiger partial charge in [0.25, 0.3) is 5.91 Å². The molecule has 1 aromatic heterocycles. The van der Waals surface area contributed by atoms with E-state index in [-0.39, 0.29) is 11.5 Å². The maximum absolute atomic E-state index is 11.8. The molecule has 0 saturated carbocycles. The molecule has 6 nitrogen and oxygen atoms in total. The zero-order chi connectivity index (χ0) is 15.2. The summed E-state index contributed by atoms with van der Waals surface area (Å²) in [7, 11) is 3.18. The first-order valence-electron chi connectivity index (χ1n) is 6.24. The van der Waals surface area contributed by atoms with E-state index in [1.807, 2.05) is 12.1 Å². The molecule has 1 amide bonds. The lowest BCUT2D eigenvalue weighted by Crippen LogP contribution is -2.22. The number of pyridine rings is 1. The predicted octanol–water partition coefficient (Wildman–Crippen LogP) is 1.16. The minimum atomic E-state index is -0.379. The molecular formula is C15H15N3O3. The van der Waals surface area contributed by atoms with Gasteiger partial charge < -0.3 is 9.30 Å².